The SMILES string of the molecule is CCN(C)C(=O)CSc1cc(Cl)ccc1Cl. The molecule has 88 valence electrons. The Morgan fingerprint density at radius 1 is 1.44 bits per heavy atom. The fourth-order valence-corrected chi connectivity index (χ4v) is 2.45. The monoisotopic (exact) mass is 277 g/mol. The molecule has 1 rings (SSSR count). The van der Waals surface area contributed by atoms with Gasteiger partial charge >= 0.3 is 0 Å². The largest absolute Gasteiger partial charge is 0.345 e. The van der Waals surface area contributed by atoms with E-state index in [0.29, 0.717) is 22.3 Å². The lowest BCUT2D eigenvalue weighted by Crippen LogP contribution is -2.27. The minimum absolute atomic E-state index is 0.0866. The molecule has 0 saturated heterocycles. The highest BCUT2D eigenvalue weighted by Crippen LogP contribution is 2.29. The topological polar surface area (TPSA) is 20.3 Å². The smallest absolute Gasteiger partial charge is 0.232 e. The summed E-state index contributed by atoms with van der Waals surface area (Å²) in [6.07, 6.45) is 0. The maximum atomic E-state index is 11.6. The van der Waals surface area contributed by atoms with E-state index in [4.69, 9.17) is 23.2 Å². The fraction of sp³-hybridized carbons (Fsp3) is 0.364. The van der Waals surface area contributed by atoms with Gasteiger partial charge in [-0.2, -0.15) is 0 Å². The maximum absolute atomic E-state index is 11.6. The van der Waals surface area contributed by atoms with Gasteiger partial charge in [0.25, 0.3) is 0 Å². The molecule has 5 heteroatoms. The molecule has 1 aromatic carbocycles. The van der Waals surface area contributed by atoms with Crippen LogP contribution in [0.3, 0.4) is 0 Å². The normalized spacial score (nSPS) is 10.2. The first-order valence-corrected chi connectivity index (χ1v) is 6.60. The highest BCUT2D eigenvalue weighted by Gasteiger charge is 2.09. The van der Waals surface area contributed by atoms with Gasteiger partial charge in [-0.1, -0.05) is 23.2 Å². The van der Waals surface area contributed by atoms with E-state index in [1.807, 2.05) is 6.92 Å². The number of halogens is 2. The van der Waals surface area contributed by atoms with E-state index in [0.717, 1.165) is 4.90 Å². The lowest BCUT2D eigenvalue weighted by molar-refractivity contribution is -0.126. The molecule has 0 bridgehead atoms. The number of carbonyl (C=O) groups excluding carboxylic acids is 1. The first-order valence-electron chi connectivity index (χ1n) is 4.86. The van der Waals surface area contributed by atoms with Crippen molar-refractivity contribution >= 4 is 40.9 Å². The third-order valence-corrected chi connectivity index (χ3v) is 3.86. The number of rotatable bonds is 4. The Balaban J connectivity index is 2.61. The molecular formula is C11H13Cl2NOS. The van der Waals surface area contributed by atoms with Crippen molar-refractivity contribution < 1.29 is 4.79 Å². The van der Waals surface area contributed by atoms with Gasteiger partial charge in [-0.15, -0.1) is 11.8 Å². The van der Waals surface area contributed by atoms with Gasteiger partial charge in [-0.3, -0.25) is 4.79 Å². The number of hydrogen-bond donors (Lipinski definition) is 0. The van der Waals surface area contributed by atoms with E-state index in [1.165, 1.54) is 11.8 Å². The second-order valence-electron chi connectivity index (χ2n) is 3.27. The number of benzene rings is 1. The first kappa shape index (κ1) is 13.7. The molecule has 0 N–H and O–H groups in total. The van der Waals surface area contributed by atoms with Crippen LogP contribution in [-0.2, 0) is 4.79 Å². The first-order chi connectivity index (χ1) is 7.54. The van der Waals surface area contributed by atoms with Crippen molar-refractivity contribution in [3.63, 3.8) is 0 Å². The van der Waals surface area contributed by atoms with Crippen molar-refractivity contribution in [1.82, 2.24) is 4.90 Å². The number of amides is 1. The number of carbonyl (C=O) groups is 1. The lowest BCUT2D eigenvalue weighted by Gasteiger charge is -2.14. The van der Waals surface area contributed by atoms with Gasteiger partial charge in [-0.25, -0.2) is 0 Å². The van der Waals surface area contributed by atoms with E-state index >= 15 is 0 Å². The molecule has 0 aromatic heterocycles. The van der Waals surface area contributed by atoms with E-state index in [9.17, 15) is 4.79 Å². The van der Waals surface area contributed by atoms with E-state index < -0.39 is 0 Å². The molecule has 1 amide bonds. The average Bonchev–Trinajstić information content (AvgIpc) is 2.28. The predicted octanol–water partition coefficient (Wildman–Crippen LogP) is 3.56. The summed E-state index contributed by atoms with van der Waals surface area (Å²) < 4.78 is 0. The van der Waals surface area contributed by atoms with Crippen LogP contribution in [0, 0.1) is 0 Å². The molecule has 0 radical (unpaired) electrons. The van der Waals surface area contributed by atoms with Crippen molar-refractivity contribution in [3.05, 3.63) is 28.2 Å². The van der Waals surface area contributed by atoms with Gasteiger partial charge in [0.15, 0.2) is 0 Å². The molecule has 0 heterocycles. The Bertz CT molecular complexity index is 384. The summed E-state index contributed by atoms with van der Waals surface area (Å²) in [5.41, 5.74) is 0. The minimum atomic E-state index is 0.0866. The quantitative estimate of drug-likeness (QED) is 0.785. The highest BCUT2D eigenvalue weighted by molar-refractivity contribution is 8.00. The van der Waals surface area contributed by atoms with Crippen LogP contribution >= 0.6 is 35.0 Å². The second kappa shape index (κ2) is 6.38. The Hall–Kier alpha value is -0.380. The Morgan fingerprint density at radius 2 is 2.12 bits per heavy atom. The van der Waals surface area contributed by atoms with Crippen LogP contribution < -0.4 is 0 Å². The molecule has 0 aliphatic rings. The zero-order chi connectivity index (χ0) is 12.1. The van der Waals surface area contributed by atoms with Gasteiger partial charge in [0.05, 0.1) is 10.8 Å². The number of nitrogens with zero attached hydrogens (tertiary/aromatic N) is 1. The van der Waals surface area contributed by atoms with Crippen LogP contribution in [0.25, 0.3) is 0 Å². The second-order valence-corrected chi connectivity index (χ2v) is 5.13. The third kappa shape index (κ3) is 3.89. The van der Waals surface area contributed by atoms with E-state index in [2.05, 4.69) is 0 Å². The summed E-state index contributed by atoms with van der Waals surface area (Å²) in [5.74, 6) is 0.466. The summed E-state index contributed by atoms with van der Waals surface area (Å²) >= 11 is 13.2. The van der Waals surface area contributed by atoms with Crippen LogP contribution in [0.5, 0.6) is 0 Å². The molecule has 0 aliphatic carbocycles. The van der Waals surface area contributed by atoms with Crippen LogP contribution in [0.4, 0.5) is 0 Å². The van der Waals surface area contributed by atoms with Crippen LogP contribution in [0.15, 0.2) is 23.1 Å². The third-order valence-electron chi connectivity index (χ3n) is 2.14. The Kier molecular flexibility index (Phi) is 5.46. The van der Waals surface area contributed by atoms with Gasteiger partial charge in [0.2, 0.25) is 5.91 Å². The molecule has 1 aromatic rings. The van der Waals surface area contributed by atoms with E-state index in [-0.39, 0.29) is 5.91 Å². The standard InChI is InChI=1S/C11H13Cl2NOS/c1-3-14(2)11(15)7-16-10-6-8(12)4-5-9(10)13/h4-6H,3,7H2,1-2H3. The number of thioether (sulfide) groups is 1. The molecule has 0 atom stereocenters. The molecular weight excluding hydrogens is 265 g/mol. The molecule has 0 saturated carbocycles. The zero-order valence-electron chi connectivity index (χ0n) is 9.17. The van der Waals surface area contributed by atoms with E-state index in [1.54, 1.807) is 30.1 Å². The zero-order valence-corrected chi connectivity index (χ0v) is 11.5. The average molecular weight is 278 g/mol. The highest BCUT2D eigenvalue weighted by atomic mass is 35.5. The van der Waals surface area contributed by atoms with Crippen molar-refractivity contribution in [2.24, 2.45) is 0 Å². The van der Waals surface area contributed by atoms with Crippen LogP contribution in [-0.4, -0.2) is 30.2 Å². The molecule has 0 fully saturated rings. The summed E-state index contributed by atoms with van der Waals surface area (Å²) in [4.78, 5) is 14.1. The van der Waals surface area contributed by atoms with Gasteiger partial charge in [-0.05, 0) is 25.1 Å². The molecule has 2 nitrogen and oxygen atoms in total. The summed E-state index contributed by atoms with van der Waals surface area (Å²) in [7, 11) is 1.78. The van der Waals surface area contributed by atoms with Crippen LogP contribution in [0.2, 0.25) is 10.0 Å². The van der Waals surface area contributed by atoms with Gasteiger partial charge < -0.3 is 4.90 Å². The summed E-state index contributed by atoms with van der Waals surface area (Å²) in [5, 5.41) is 1.25. The molecule has 16 heavy (non-hydrogen) atoms. The fourth-order valence-electron chi connectivity index (χ4n) is 1.01. The van der Waals surface area contributed by atoms with Crippen molar-refractivity contribution in [1.29, 1.82) is 0 Å². The van der Waals surface area contributed by atoms with Crippen molar-refractivity contribution in [3.8, 4) is 0 Å². The molecule has 0 spiro atoms. The minimum Gasteiger partial charge on any atom is -0.345 e. The summed E-state index contributed by atoms with van der Waals surface area (Å²) in [6.45, 7) is 2.65. The van der Waals surface area contributed by atoms with Crippen molar-refractivity contribution in [2.75, 3.05) is 19.3 Å². The van der Waals surface area contributed by atoms with Gasteiger partial charge in [0.1, 0.15) is 0 Å². The lowest BCUT2D eigenvalue weighted by atomic mass is 10.4. The van der Waals surface area contributed by atoms with Gasteiger partial charge in [0, 0.05) is 23.5 Å². The Labute approximate surface area is 110 Å². The maximum Gasteiger partial charge on any atom is 0.232 e. The predicted molar refractivity (Wildman–Crippen MR) is 70.5 cm³/mol. The molecule has 0 aliphatic heterocycles. The van der Waals surface area contributed by atoms with Crippen molar-refractivity contribution in [2.45, 2.75) is 11.8 Å². The van der Waals surface area contributed by atoms with Crippen LogP contribution in [0.1, 0.15) is 6.92 Å². The Morgan fingerprint density at radius 3 is 2.75 bits per heavy atom. The summed E-state index contributed by atoms with van der Waals surface area (Å²) in [6, 6.07) is 5.24. The molecule has 0 unspecified atom stereocenters. The number of hydrogen-bond acceptors (Lipinski definition) is 2.